The van der Waals surface area contributed by atoms with Crippen LogP contribution in [-0.4, -0.2) is 29.1 Å². The van der Waals surface area contributed by atoms with Crippen LogP contribution in [0.4, 0.5) is 0 Å². The predicted molar refractivity (Wildman–Crippen MR) is 61.3 cm³/mol. The van der Waals surface area contributed by atoms with E-state index in [4.69, 9.17) is 0 Å². The second-order valence-electron chi connectivity index (χ2n) is 4.38. The Bertz CT molecular complexity index is 206. The number of hydrogen-bond donors (Lipinski definition) is 2. The number of amides is 1. The molecule has 1 heterocycles. The Labute approximate surface area is 90.4 Å². The molecule has 0 aliphatic carbocycles. The summed E-state index contributed by atoms with van der Waals surface area (Å²) in [7, 11) is 0. The van der Waals surface area contributed by atoms with Crippen LogP contribution < -0.4 is 10.6 Å². The van der Waals surface area contributed by atoms with E-state index in [2.05, 4.69) is 24.5 Å². The van der Waals surface area contributed by atoms with E-state index in [0.29, 0.717) is 11.3 Å². The Morgan fingerprint density at radius 2 is 2.07 bits per heavy atom. The average Bonchev–Trinajstić information content (AvgIpc) is 2.50. The van der Waals surface area contributed by atoms with Crippen LogP contribution in [0, 0.1) is 5.92 Å². The van der Waals surface area contributed by atoms with Gasteiger partial charge in [0, 0.05) is 11.8 Å². The zero-order valence-electron chi connectivity index (χ0n) is 9.33. The number of carbonyl (C=O) groups is 1. The fourth-order valence-electron chi connectivity index (χ4n) is 1.42. The molecule has 0 aromatic carbocycles. The first-order valence-corrected chi connectivity index (χ1v) is 6.23. The van der Waals surface area contributed by atoms with Crippen LogP contribution in [0.15, 0.2) is 0 Å². The smallest absolute Gasteiger partial charge is 0.238 e. The van der Waals surface area contributed by atoms with Gasteiger partial charge in [0.2, 0.25) is 5.91 Å². The van der Waals surface area contributed by atoms with Gasteiger partial charge < -0.3 is 5.32 Å². The summed E-state index contributed by atoms with van der Waals surface area (Å²) in [5.41, 5.74) is 0. The van der Waals surface area contributed by atoms with Crippen molar-refractivity contribution in [2.24, 2.45) is 5.92 Å². The highest BCUT2D eigenvalue weighted by molar-refractivity contribution is 8.00. The second-order valence-corrected chi connectivity index (χ2v) is 5.56. The highest BCUT2D eigenvalue weighted by Gasteiger charge is 2.31. The van der Waals surface area contributed by atoms with E-state index in [9.17, 15) is 4.79 Å². The molecule has 0 spiro atoms. The zero-order valence-corrected chi connectivity index (χ0v) is 10.1. The highest BCUT2D eigenvalue weighted by atomic mass is 32.2. The first kappa shape index (κ1) is 11.9. The molecule has 2 unspecified atom stereocenters. The van der Waals surface area contributed by atoms with Gasteiger partial charge in [-0.15, -0.1) is 11.8 Å². The molecule has 1 aliphatic rings. The first-order valence-electron chi connectivity index (χ1n) is 5.18. The van der Waals surface area contributed by atoms with E-state index in [1.165, 1.54) is 0 Å². The number of carbonyl (C=O) groups excluding carboxylic acids is 1. The molecule has 82 valence electrons. The largest absolute Gasteiger partial charge is 0.353 e. The number of rotatable bonds is 3. The Morgan fingerprint density at radius 1 is 1.43 bits per heavy atom. The SMILES string of the molecule is CC(C)NC(=O)C1CSC(C(C)C)N1. The van der Waals surface area contributed by atoms with Gasteiger partial charge in [-0.2, -0.15) is 0 Å². The Morgan fingerprint density at radius 3 is 2.50 bits per heavy atom. The van der Waals surface area contributed by atoms with Crippen molar-refractivity contribution in [2.75, 3.05) is 5.75 Å². The van der Waals surface area contributed by atoms with Crippen LogP contribution in [-0.2, 0) is 4.79 Å². The molecule has 1 aliphatic heterocycles. The highest BCUT2D eigenvalue weighted by Crippen LogP contribution is 2.24. The quantitative estimate of drug-likeness (QED) is 0.745. The molecule has 1 rings (SSSR count). The van der Waals surface area contributed by atoms with E-state index in [-0.39, 0.29) is 18.0 Å². The van der Waals surface area contributed by atoms with Gasteiger partial charge in [-0.1, -0.05) is 13.8 Å². The summed E-state index contributed by atoms with van der Waals surface area (Å²) in [4.78, 5) is 11.6. The molecule has 0 radical (unpaired) electrons. The molecule has 1 amide bonds. The minimum Gasteiger partial charge on any atom is -0.353 e. The maximum absolute atomic E-state index is 11.6. The molecular weight excluding hydrogens is 196 g/mol. The molecule has 0 saturated carbocycles. The lowest BCUT2D eigenvalue weighted by atomic mass is 10.2. The van der Waals surface area contributed by atoms with Crippen molar-refractivity contribution >= 4 is 17.7 Å². The summed E-state index contributed by atoms with van der Waals surface area (Å²) in [6, 6.07) is 0.224. The van der Waals surface area contributed by atoms with Crippen LogP contribution in [0.3, 0.4) is 0 Å². The lowest BCUT2D eigenvalue weighted by Gasteiger charge is -2.17. The predicted octanol–water partition coefficient (Wildman–Crippen LogP) is 1.20. The van der Waals surface area contributed by atoms with Crippen molar-refractivity contribution in [1.82, 2.24) is 10.6 Å². The fourth-order valence-corrected chi connectivity index (χ4v) is 2.71. The van der Waals surface area contributed by atoms with Gasteiger partial charge in [-0.3, -0.25) is 10.1 Å². The maximum Gasteiger partial charge on any atom is 0.238 e. The van der Waals surface area contributed by atoms with Gasteiger partial charge in [-0.25, -0.2) is 0 Å². The average molecular weight is 216 g/mol. The number of thioether (sulfide) groups is 1. The van der Waals surface area contributed by atoms with Crippen molar-refractivity contribution in [3.63, 3.8) is 0 Å². The van der Waals surface area contributed by atoms with Gasteiger partial charge >= 0.3 is 0 Å². The molecule has 0 aromatic rings. The van der Waals surface area contributed by atoms with Crippen molar-refractivity contribution in [2.45, 2.75) is 45.2 Å². The fraction of sp³-hybridized carbons (Fsp3) is 0.900. The second kappa shape index (κ2) is 5.03. The minimum atomic E-state index is -0.00481. The molecule has 1 fully saturated rings. The number of hydrogen-bond acceptors (Lipinski definition) is 3. The van der Waals surface area contributed by atoms with E-state index in [0.717, 1.165) is 5.75 Å². The summed E-state index contributed by atoms with van der Waals surface area (Å²) in [6.07, 6.45) is 0. The van der Waals surface area contributed by atoms with Crippen LogP contribution in [0.2, 0.25) is 0 Å². The summed E-state index contributed by atoms with van der Waals surface area (Å²) in [5, 5.41) is 6.70. The maximum atomic E-state index is 11.6. The van der Waals surface area contributed by atoms with Gasteiger partial charge in [-0.05, 0) is 19.8 Å². The zero-order chi connectivity index (χ0) is 10.7. The summed E-state index contributed by atoms with van der Waals surface area (Å²) >= 11 is 1.84. The van der Waals surface area contributed by atoms with Crippen molar-refractivity contribution in [1.29, 1.82) is 0 Å². The Hall–Kier alpha value is -0.220. The lowest BCUT2D eigenvalue weighted by molar-refractivity contribution is -0.123. The molecule has 2 N–H and O–H groups in total. The topological polar surface area (TPSA) is 41.1 Å². The standard InChI is InChI=1S/C10H20N2OS/c1-6(2)10-12-8(5-14-10)9(13)11-7(3)4/h6-8,10,12H,5H2,1-4H3,(H,11,13). The van der Waals surface area contributed by atoms with E-state index < -0.39 is 0 Å². The molecule has 3 nitrogen and oxygen atoms in total. The number of nitrogens with one attached hydrogen (secondary N) is 2. The normalized spacial score (nSPS) is 27.3. The van der Waals surface area contributed by atoms with Gasteiger partial charge in [0.05, 0.1) is 11.4 Å². The molecule has 2 atom stereocenters. The van der Waals surface area contributed by atoms with Gasteiger partial charge in [0.15, 0.2) is 0 Å². The first-order chi connectivity index (χ1) is 6.50. The minimum absolute atomic E-state index is 0.00481. The van der Waals surface area contributed by atoms with Crippen LogP contribution >= 0.6 is 11.8 Å². The monoisotopic (exact) mass is 216 g/mol. The van der Waals surface area contributed by atoms with Gasteiger partial charge in [0.1, 0.15) is 0 Å². The van der Waals surface area contributed by atoms with E-state index in [1.807, 2.05) is 25.6 Å². The van der Waals surface area contributed by atoms with Crippen LogP contribution in [0.25, 0.3) is 0 Å². The van der Waals surface area contributed by atoms with E-state index in [1.54, 1.807) is 0 Å². The third-order valence-electron chi connectivity index (χ3n) is 2.16. The van der Waals surface area contributed by atoms with E-state index >= 15 is 0 Å². The van der Waals surface area contributed by atoms with Gasteiger partial charge in [0.25, 0.3) is 0 Å². The van der Waals surface area contributed by atoms with Crippen molar-refractivity contribution in [3.8, 4) is 0 Å². The molecule has 1 saturated heterocycles. The summed E-state index contributed by atoms with van der Waals surface area (Å²) < 4.78 is 0. The Balaban J connectivity index is 2.38. The third kappa shape index (κ3) is 3.17. The molecule has 0 bridgehead atoms. The van der Waals surface area contributed by atoms with Crippen molar-refractivity contribution in [3.05, 3.63) is 0 Å². The molecule has 0 aromatic heterocycles. The van der Waals surface area contributed by atoms with Crippen LogP contribution in [0.5, 0.6) is 0 Å². The molecule has 4 heteroatoms. The Kier molecular flexibility index (Phi) is 4.26. The van der Waals surface area contributed by atoms with Crippen molar-refractivity contribution < 1.29 is 4.79 Å². The summed E-state index contributed by atoms with van der Waals surface area (Å²) in [5.74, 6) is 1.61. The lowest BCUT2D eigenvalue weighted by Crippen LogP contribution is -2.46. The third-order valence-corrected chi connectivity index (χ3v) is 3.73. The summed E-state index contributed by atoms with van der Waals surface area (Å²) in [6.45, 7) is 8.32. The molecular formula is C10H20N2OS. The molecule has 14 heavy (non-hydrogen) atoms. The van der Waals surface area contributed by atoms with Crippen LogP contribution in [0.1, 0.15) is 27.7 Å².